The van der Waals surface area contributed by atoms with Crippen molar-refractivity contribution in [3.8, 4) is 0 Å². The molecule has 1 aromatic rings. The smallest absolute Gasteiger partial charge is 0.339 e. The summed E-state index contributed by atoms with van der Waals surface area (Å²) in [5.74, 6) is -1.34. The van der Waals surface area contributed by atoms with E-state index >= 15 is 0 Å². The zero-order valence-corrected chi connectivity index (χ0v) is 4.85. The molecule has 0 fully saturated rings. The van der Waals surface area contributed by atoms with Crippen LogP contribution in [0.3, 0.4) is 0 Å². The van der Waals surface area contributed by atoms with E-state index in [1.54, 1.807) is 0 Å². The van der Waals surface area contributed by atoms with Crippen LogP contribution in [-0.2, 0) is 4.79 Å². The highest BCUT2D eigenvalue weighted by molar-refractivity contribution is 5.73. The van der Waals surface area contributed by atoms with E-state index in [4.69, 9.17) is 10.2 Å². The van der Waals surface area contributed by atoms with Gasteiger partial charge in [0.2, 0.25) is 0 Å². The maximum Gasteiger partial charge on any atom is 0.339 e. The van der Waals surface area contributed by atoms with E-state index in [1.807, 2.05) is 0 Å². The van der Waals surface area contributed by atoms with Crippen LogP contribution < -0.4 is 0 Å². The Balaban J connectivity index is 2.77. The van der Waals surface area contributed by atoms with Crippen LogP contribution in [0.1, 0.15) is 11.8 Å². The number of aliphatic carboxylic acids is 1. The third kappa shape index (κ3) is 1.11. The number of aromatic amines is 1. The lowest BCUT2D eigenvalue weighted by Crippen LogP contribution is -2.10. The Morgan fingerprint density at radius 3 is 2.90 bits per heavy atom. The Labute approximate surface area is 55.5 Å². The molecule has 0 aliphatic heterocycles. The van der Waals surface area contributed by atoms with Gasteiger partial charge in [-0.05, 0) is 0 Å². The summed E-state index contributed by atoms with van der Waals surface area (Å²) in [5, 5.41) is 25.9. The topological polar surface area (TPSA) is 99.1 Å². The Bertz CT molecular complexity index is 220. The predicted octanol–water partition coefficient (Wildman–Crippen LogP) is -1.08. The highest BCUT2D eigenvalue weighted by Crippen LogP contribution is 2.05. The highest BCUT2D eigenvalue weighted by atomic mass is 16.4. The summed E-state index contributed by atoms with van der Waals surface area (Å²) in [6.45, 7) is 0. The summed E-state index contributed by atoms with van der Waals surface area (Å²) in [4.78, 5) is 10.1. The average Bonchev–Trinajstić information content (AvgIpc) is 2.36. The van der Waals surface area contributed by atoms with Gasteiger partial charge in [-0.1, -0.05) is 0 Å². The van der Waals surface area contributed by atoms with Crippen molar-refractivity contribution in [2.24, 2.45) is 0 Å². The molecule has 0 spiro atoms. The first-order valence-electron chi connectivity index (χ1n) is 2.48. The second-order valence-corrected chi connectivity index (χ2v) is 1.64. The number of aliphatic hydroxyl groups is 1. The number of hydrogen-bond donors (Lipinski definition) is 3. The first-order chi connectivity index (χ1) is 4.72. The summed E-state index contributed by atoms with van der Waals surface area (Å²) in [5.41, 5.74) is 0.00694. The number of rotatable bonds is 2. The van der Waals surface area contributed by atoms with E-state index in [0.717, 1.165) is 6.20 Å². The molecular formula is C4H5N3O3. The molecule has 0 radical (unpaired) electrons. The Morgan fingerprint density at radius 2 is 2.50 bits per heavy atom. The van der Waals surface area contributed by atoms with Crippen LogP contribution in [0, 0.1) is 0 Å². The molecule has 54 valence electrons. The number of nitrogens with zero attached hydrogens (tertiary/aromatic N) is 2. The molecule has 1 aromatic heterocycles. The van der Waals surface area contributed by atoms with Crippen molar-refractivity contribution in [3.05, 3.63) is 11.9 Å². The number of carboxylic acid groups (broad SMARTS) is 1. The van der Waals surface area contributed by atoms with Crippen LogP contribution >= 0.6 is 0 Å². The molecule has 0 aliphatic rings. The number of H-pyrrole nitrogens is 1. The van der Waals surface area contributed by atoms with Gasteiger partial charge in [-0.2, -0.15) is 15.4 Å². The van der Waals surface area contributed by atoms with Crippen molar-refractivity contribution >= 4 is 5.97 Å². The monoisotopic (exact) mass is 143 g/mol. The van der Waals surface area contributed by atoms with E-state index in [-0.39, 0.29) is 5.69 Å². The molecule has 3 N–H and O–H groups in total. The molecule has 0 amide bonds. The molecule has 1 unspecified atom stereocenters. The van der Waals surface area contributed by atoms with Gasteiger partial charge in [0.25, 0.3) is 0 Å². The van der Waals surface area contributed by atoms with Crippen molar-refractivity contribution in [2.75, 3.05) is 0 Å². The molecular weight excluding hydrogens is 138 g/mol. The molecule has 0 aliphatic carbocycles. The molecule has 0 aromatic carbocycles. The van der Waals surface area contributed by atoms with E-state index < -0.39 is 12.1 Å². The van der Waals surface area contributed by atoms with E-state index in [0.29, 0.717) is 0 Å². The fourth-order valence-corrected chi connectivity index (χ4v) is 0.469. The average molecular weight is 143 g/mol. The number of aromatic nitrogens is 3. The highest BCUT2D eigenvalue weighted by Gasteiger charge is 2.17. The van der Waals surface area contributed by atoms with E-state index in [2.05, 4.69) is 15.4 Å². The Morgan fingerprint density at radius 1 is 1.80 bits per heavy atom. The normalized spacial score (nSPS) is 12.9. The van der Waals surface area contributed by atoms with Crippen molar-refractivity contribution < 1.29 is 15.0 Å². The van der Waals surface area contributed by atoms with Crippen LogP contribution in [0.5, 0.6) is 0 Å². The summed E-state index contributed by atoms with van der Waals surface area (Å²) in [7, 11) is 0. The second-order valence-electron chi connectivity index (χ2n) is 1.64. The predicted molar refractivity (Wildman–Crippen MR) is 29.0 cm³/mol. The maximum atomic E-state index is 10.1. The van der Waals surface area contributed by atoms with Gasteiger partial charge in [0.05, 0.1) is 6.20 Å². The molecule has 1 atom stereocenters. The van der Waals surface area contributed by atoms with Crippen molar-refractivity contribution in [2.45, 2.75) is 6.10 Å². The van der Waals surface area contributed by atoms with Crippen molar-refractivity contribution in [3.63, 3.8) is 0 Å². The first kappa shape index (κ1) is 6.69. The lowest BCUT2D eigenvalue weighted by atomic mass is 10.3. The fourth-order valence-electron chi connectivity index (χ4n) is 0.469. The first-order valence-corrected chi connectivity index (χ1v) is 2.48. The Kier molecular flexibility index (Phi) is 1.63. The van der Waals surface area contributed by atoms with E-state index in [9.17, 15) is 4.79 Å². The lowest BCUT2D eigenvalue weighted by molar-refractivity contribution is -0.147. The van der Waals surface area contributed by atoms with Crippen LogP contribution in [0.2, 0.25) is 0 Å². The fraction of sp³-hybridized carbons (Fsp3) is 0.250. The summed E-state index contributed by atoms with van der Waals surface area (Å²) >= 11 is 0. The molecule has 1 heterocycles. The van der Waals surface area contributed by atoms with Gasteiger partial charge in [-0.3, -0.25) is 0 Å². The molecule has 6 heteroatoms. The summed E-state index contributed by atoms with van der Waals surface area (Å²) in [6.07, 6.45) is -0.433. The molecule has 0 saturated heterocycles. The SMILES string of the molecule is O=C(O)C(O)c1cn[nH]n1. The minimum absolute atomic E-state index is 0.00694. The standard InChI is InChI=1S/C4H5N3O3/c8-3(4(9)10)2-1-5-7-6-2/h1,3,8H,(H,9,10)(H,5,6,7). The minimum atomic E-state index is -1.58. The molecule has 0 saturated carbocycles. The number of hydrogen-bond acceptors (Lipinski definition) is 4. The summed E-state index contributed by atoms with van der Waals surface area (Å²) in [6, 6.07) is 0. The van der Waals surface area contributed by atoms with Crippen molar-refractivity contribution in [1.82, 2.24) is 15.4 Å². The van der Waals surface area contributed by atoms with E-state index in [1.165, 1.54) is 0 Å². The molecule has 10 heavy (non-hydrogen) atoms. The maximum absolute atomic E-state index is 10.1. The van der Waals surface area contributed by atoms with Gasteiger partial charge < -0.3 is 10.2 Å². The van der Waals surface area contributed by atoms with Crippen LogP contribution in [0.15, 0.2) is 6.20 Å². The van der Waals surface area contributed by atoms with Crippen LogP contribution in [0.4, 0.5) is 0 Å². The minimum Gasteiger partial charge on any atom is -0.479 e. The van der Waals surface area contributed by atoms with Gasteiger partial charge in [-0.15, -0.1) is 0 Å². The third-order valence-corrected chi connectivity index (χ3v) is 0.948. The second kappa shape index (κ2) is 2.44. The molecule has 0 bridgehead atoms. The zero-order valence-electron chi connectivity index (χ0n) is 4.85. The number of nitrogens with one attached hydrogen (secondary N) is 1. The Hall–Kier alpha value is -1.43. The number of carboxylic acids is 1. The number of aliphatic hydroxyl groups excluding tert-OH is 1. The van der Waals surface area contributed by atoms with Gasteiger partial charge in [-0.25, -0.2) is 4.79 Å². The van der Waals surface area contributed by atoms with Gasteiger partial charge >= 0.3 is 5.97 Å². The molecule has 6 nitrogen and oxygen atoms in total. The quantitative estimate of drug-likeness (QED) is 0.489. The van der Waals surface area contributed by atoms with Gasteiger partial charge in [0, 0.05) is 0 Å². The van der Waals surface area contributed by atoms with Gasteiger partial charge in [0.15, 0.2) is 6.10 Å². The molecule has 1 rings (SSSR count). The summed E-state index contributed by atoms with van der Waals surface area (Å²) < 4.78 is 0. The van der Waals surface area contributed by atoms with Crippen molar-refractivity contribution in [1.29, 1.82) is 0 Å². The van der Waals surface area contributed by atoms with Gasteiger partial charge in [0.1, 0.15) is 5.69 Å². The van der Waals surface area contributed by atoms with Crippen LogP contribution in [-0.4, -0.2) is 31.6 Å². The third-order valence-electron chi connectivity index (χ3n) is 0.948. The zero-order chi connectivity index (χ0) is 7.56. The lowest BCUT2D eigenvalue weighted by Gasteiger charge is -1.96. The van der Waals surface area contributed by atoms with Crippen LogP contribution in [0.25, 0.3) is 0 Å². The number of carbonyl (C=O) groups is 1. The largest absolute Gasteiger partial charge is 0.479 e.